The third kappa shape index (κ3) is 4.67. The minimum absolute atomic E-state index is 0.0948. The van der Waals surface area contributed by atoms with Crippen molar-refractivity contribution in [2.75, 3.05) is 32.7 Å². The fraction of sp³-hybridized carbons (Fsp3) is 0.533. The highest BCUT2D eigenvalue weighted by Gasteiger charge is 2.27. The van der Waals surface area contributed by atoms with E-state index in [0.29, 0.717) is 18.1 Å². The van der Waals surface area contributed by atoms with Crippen molar-refractivity contribution in [3.63, 3.8) is 0 Å². The molecule has 1 N–H and O–H groups in total. The number of hydrogen-bond acceptors (Lipinski definition) is 4. The molecule has 0 unspecified atom stereocenters. The molecule has 1 atom stereocenters. The van der Waals surface area contributed by atoms with Crippen LogP contribution in [0.5, 0.6) is 0 Å². The van der Waals surface area contributed by atoms with Crippen molar-refractivity contribution < 1.29 is 13.2 Å². The third-order valence-corrected chi connectivity index (χ3v) is 5.77. The van der Waals surface area contributed by atoms with Crippen molar-refractivity contribution in [2.45, 2.75) is 24.8 Å². The Morgan fingerprint density at radius 2 is 1.78 bits per heavy atom. The Hall–Kier alpha value is -1.15. The third-order valence-electron chi connectivity index (χ3n) is 3.96. The number of sulfonamides is 1. The van der Waals surface area contributed by atoms with Gasteiger partial charge in [-0.1, -0.05) is 18.5 Å². The summed E-state index contributed by atoms with van der Waals surface area (Å²) < 4.78 is 27.1. The summed E-state index contributed by atoms with van der Waals surface area (Å²) in [5.74, 6) is -0.196. The Labute approximate surface area is 142 Å². The van der Waals surface area contributed by atoms with Crippen LogP contribution >= 0.6 is 11.6 Å². The molecule has 1 amide bonds. The van der Waals surface area contributed by atoms with Crippen molar-refractivity contribution >= 4 is 27.5 Å². The Balaban J connectivity index is 1.99. The molecule has 2 rings (SSSR count). The minimum atomic E-state index is -3.74. The number of halogens is 1. The van der Waals surface area contributed by atoms with Crippen LogP contribution in [0.25, 0.3) is 0 Å². The average Bonchev–Trinajstić information content (AvgIpc) is 2.54. The summed E-state index contributed by atoms with van der Waals surface area (Å²) in [6, 6.07) is 5.05. The van der Waals surface area contributed by atoms with Crippen molar-refractivity contribution in [3.8, 4) is 0 Å². The van der Waals surface area contributed by atoms with Crippen molar-refractivity contribution in [3.05, 3.63) is 29.3 Å². The molecule has 1 saturated heterocycles. The zero-order chi connectivity index (χ0) is 17.0. The summed E-state index contributed by atoms with van der Waals surface area (Å²) in [7, 11) is -3.74. The van der Waals surface area contributed by atoms with Gasteiger partial charge < -0.3 is 9.80 Å². The monoisotopic (exact) mass is 359 g/mol. The van der Waals surface area contributed by atoms with Gasteiger partial charge in [0.25, 0.3) is 0 Å². The number of hydrogen-bond donors (Lipinski definition) is 1. The van der Waals surface area contributed by atoms with Gasteiger partial charge in [-0.2, -0.15) is 4.72 Å². The van der Waals surface area contributed by atoms with Crippen LogP contribution in [-0.2, 0) is 14.8 Å². The molecule has 0 aliphatic carbocycles. The molecule has 1 aromatic carbocycles. The van der Waals surface area contributed by atoms with E-state index >= 15 is 0 Å². The normalized spacial score (nSPS) is 18.0. The second-order valence-corrected chi connectivity index (χ2v) is 7.71. The number of rotatable bonds is 5. The molecular weight excluding hydrogens is 338 g/mol. The first-order valence-corrected chi connectivity index (χ1v) is 9.48. The van der Waals surface area contributed by atoms with Crippen LogP contribution < -0.4 is 4.72 Å². The van der Waals surface area contributed by atoms with Crippen LogP contribution in [0, 0.1) is 0 Å². The van der Waals surface area contributed by atoms with Crippen LogP contribution in [-0.4, -0.2) is 62.9 Å². The van der Waals surface area contributed by atoms with Crippen LogP contribution in [0.3, 0.4) is 0 Å². The predicted molar refractivity (Wildman–Crippen MR) is 89.9 cm³/mol. The van der Waals surface area contributed by atoms with Gasteiger partial charge in [-0.25, -0.2) is 8.42 Å². The van der Waals surface area contributed by atoms with E-state index < -0.39 is 16.1 Å². The topological polar surface area (TPSA) is 69.7 Å². The van der Waals surface area contributed by atoms with Gasteiger partial charge in [-0.3, -0.25) is 4.79 Å². The molecule has 1 aromatic rings. The molecule has 0 radical (unpaired) electrons. The summed E-state index contributed by atoms with van der Waals surface area (Å²) in [5.41, 5.74) is 0. The summed E-state index contributed by atoms with van der Waals surface area (Å²) in [6.45, 7) is 7.50. The Bertz CT molecular complexity index is 640. The molecule has 0 bridgehead atoms. The lowest BCUT2D eigenvalue weighted by atomic mass is 10.2. The van der Waals surface area contributed by atoms with E-state index in [4.69, 9.17) is 11.6 Å². The molecule has 23 heavy (non-hydrogen) atoms. The van der Waals surface area contributed by atoms with Gasteiger partial charge in [0.15, 0.2) is 0 Å². The lowest BCUT2D eigenvalue weighted by Crippen LogP contribution is -2.54. The highest BCUT2D eigenvalue weighted by Crippen LogP contribution is 2.14. The quantitative estimate of drug-likeness (QED) is 0.856. The SMILES string of the molecule is CCN1CCN(C(=O)[C@@H](C)NS(=O)(=O)c2ccc(Cl)cc2)CC1. The van der Waals surface area contributed by atoms with Crippen molar-refractivity contribution in [2.24, 2.45) is 0 Å². The number of piperazine rings is 1. The van der Waals surface area contributed by atoms with Crippen molar-refractivity contribution in [1.29, 1.82) is 0 Å². The highest BCUT2D eigenvalue weighted by molar-refractivity contribution is 7.89. The Morgan fingerprint density at radius 1 is 1.22 bits per heavy atom. The number of carbonyl (C=O) groups is 1. The molecule has 6 nitrogen and oxygen atoms in total. The minimum Gasteiger partial charge on any atom is -0.339 e. The zero-order valence-electron chi connectivity index (χ0n) is 13.3. The largest absolute Gasteiger partial charge is 0.339 e. The highest BCUT2D eigenvalue weighted by atomic mass is 35.5. The maximum atomic E-state index is 12.4. The fourth-order valence-corrected chi connectivity index (χ4v) is 3.85. The molecule has 1 aliphatic rings. The van der Waals surface area contributed by atoms with Crippen LogP contribution in [0.1, 0.15) is 13.8 Å². The van der Waals surface area contributed by atoms with Crippen LogP contribution in [0.4, 0.5) is 0 Å². The maximum Gasteiger partial charge on any atom is 0.241 e. The van der Waals surface area contributed by atoms with Gasteiger partial charge >= 0.3 is 0 Å². The Kier molecular flexibility index (Phi) is 6.02. The first-order valence-electron chi connectivity index (χ1n) is 7.62. The summed E-state index contributed by atoms with van der Waals surface area (Å²) in [6.07, 6.45) is 0. The number of nitrogens with zero attached hydrogens (tertiary/aromatic N) is 2. The molecule has 1 aliphatic heterocycles. The number of amides is 1. The molecule has 1 fully saturated rings. The first kappa shape index (κ1) is 18.2. The molecule has 8 heteroatoms. The van der Waals surface area contributed by atoms with E-state index in [2.05, 4.69) is 16.5 Å². The van der Waals surface area contributed by atoms with Crippen LogP contribution in [0.2, 0.25) is 5.02 Å². The van der Waals surface area contributed by atoms with Gasteiger partial charge in [0.05, 0.1) is 10.9 Å². The summed E-state index contributed by atoms with van der Waals surface area (Å²) in [5, 5.41) is 0.460. The van der Waals surface area contributed by atoms with Gasteiger partial charge in [-0.05, 0) is 37.7 Å². The Morgan fingerprint density at radius 3 is 2.30 bits per heavy atom. The standard InChI is InChI=1S/C15H22ClN3O3S/c1-3-18-8-10-19(11-9-18)15(20)12(2)17-23(21,22)14-6-4-13(16)5-7-14/h4-7,12,17H,3,8-11H2,1-2H3/t12-/m1/s1. The molecule has 128 valence electrons. The lowest BCUT2D eigenvalue weighted by Gasteiger charge is -2.35. The number of benzene rings is 1. The second-order valence-electron chi connectivity index (χ2n) is 5.56. The number of likely N-dealkylation sites (N-methyl/N-ethyl adjacent to an activating group) is 1. The second kappa shape index (κ2) is 7.61. The van der Waals surface area contributed by atoms with E-state index in [1.54, 1.807) is 11.8 Å². The molecule has 1 heterocycles. The molecular formula is C15H22ClN3O3S. The number of carbonyl (C=O) groups excluding carboxylic acids is 1. The van der Waals surface area contributed by atoms with Crippen molar-refractivity contribution in [1.82, 2.24) is 14.5 Å². The predicted octanol–water partition coefficient (Wildman–Crippen LogP) is 1.17. The van der Waals surface area contributed by atoms with E-state index in [1.807, 2.05) is 0 Å². The number of nitrogens with one attached hydrogen (secondary N) is 1. The summed E-state index contributed by atoms with van der Waals surface area (Å²) >= 11 is 5.76. The first-order chi connectivity index (χ1) is 10.8. The maximum absolute atomic E-state index is 12.4. The van der Waals surface area contributed by atoms with E-state index in [0.717, 1.165) is 19.6 Å². The summed E-state index contributed by atoms with van der Waals surface area (Å²) in [4.78, 5) is 16.5. The molecule has 0 saturated carbocycles. The van der Waals surface area contributed by atoms with E-state index in [9.17, 15) is 13.2 Å². The average molecular weight is 360 g/mol. The van der Waals surface area contributed by atoms with E-state index in [-0.39, 0.29) is 10.8 Å². The van der Waals surface area contributed by atoms with Gasteiger partial charge in [-0.15, -0.1) is 0 Å². The zero-order valence-corrected chi connectivity index (χ0v) is 14.9. The smallest absolute Gasteiger partial charge is 0.241 e. The molecule has 0 aromatic heterocycles. The lowest BCUT2D eigenvalue weighted by molar-refractivity contribution is -0.134. The van der Waals surface area contributed by atoms with E-state index in [1.165, 1.54) is 24.3 Å². The molecule has 0 spiro atoms. The van der Waals surface area contributed by atoms with Gasteiger partial charge in [0.2, 0.25) is 15.9 Å². The van der Waals surface area contributed by atoms with Gasteiger partial charge in [0.1, 0.15) is 0 Å². The fourth-order valence-electron chi connectivity index (χ4n) is 2.52. The van der Waals surface area contributed by atoms with Gasteiger partial charge in [0, 0.05) is 31.2 Å². The van der Waals surface area contributed by atoms with Crippen LogP contribution in [0.15, 0.2) is 29.2 Å².